The molecule has 2 N–H and O–H groups in total. The van der Waals surface area contributed by atoms with Crippen LogP contribution in [0.4, 0.5) is 5.13 Å². The Bertz CT molecular complexity index is 317. The minimum Gasteiger partial charge on any atom is -0.395 e. The fraction of sp³-hybridized carbons (Fsp3) is 0.667. The predicted octanol–water partition coefficient (Wildman–Crippen LogP) is 1.50. The zero-order valence-electron chi connectivity index (χ0n) is 8.77. The third-order valence-electron chi connectivity index (χ3n) is 1.99. The van der Waals surface area contributed by atoms with E-state index in [2.05, 4.69) is 4.98 Å². The first-order valence-corrected chi connectivity index (χ1v) is 5.93. The second kappa shape index (κ2) is 5.65. The number of aromatic nitrogens is 1. The molecule has 0 amide bonds. The van der Waals surface area contributed by atoms with E-state index in [0.717, 1.165) is 5.13 Å². The molecule has 6 heteroatoms. The first-order valence-electron chi connectivity index (χ1n) is 4.73. The van der Waals surface area contributed by atoms with Crippen molar-refractivity contribution in [2.24, 2.45) is 0 Å². The Balaban J connectivity index is 2.90. The smallest absolute Gasteiger partial charge is 0.187 e. The van der Waals surface area contributed by atoms with Crippen molar-refractivity contribution in [3.63, 3.8) is 0 Å². The number of aliphatic hydroxyl groups is 2. The Kier molecular flexibility index (Phi) is 4.79. The molecule has 0 aliphatic heterocycles. The molecule has 1 aromatic rings. The molecular weight excluding hydrogens is 236 g/mol. The average Bonchev–Trinajstić information content (AvgIpc) is 2.55. The van der Waals surface area contributed by atoms with Gasteiger partial charge in [-0.05, 0) is 13.8 Å². The van der Waals surface area contributed by atoms with E-state index in [1.54, 1.807) is 0 Å². The lowest BCUT2D eigenvalue weighted by atomic mass is 10.3. The number of halogens is 1. The highest BCUT2D eigenvalue weighted by atomic mass is 35.5. The zero-order valence-corrected chi connectivity index (χ0v) is 10.3. The van der Waals surface area contributed by atoms with Crippen LogP contribution in [0.1, 0.15) is 18.7 Å². The first-order chi connectivity index (χ1) is 7.10. The molecule has 1 aromatic heterocycles. The quantitative estimate of drug-likeness (QED) is 0.832. The maximum Gasteiger partial charge on any atom is 0.187 e. The lowest BCUT2D eigenvalue weighted by molar-refractivity contribution is 0.285. The minimum absolute atomic E-state index is 0.0733. The number of aliphatic hydroxyl groups excluding tert-OH is 2. The summed E-state index contributed by atoms with van der Waals surface area (Å²) in [5.74, 6) is 0. The van der Waals surface area contributed by atoms with Crippen molar-refractivity contribution in [1.82, 2.24) is 4.98 Å². The standard InChI is InChI=1S/C9H15ClN2O2S/c1-6(2)12(3-4-13)9-11-8(10)7(5-14)15-9/h6,13-14H,3-5H2,1-2H3. The van der Waals surface area contributed by atoms with Crippen molar-refractivity contribution in [1.29, 1.82) is 0 Å². The van der Waals surface area contributed by atoms with Crippen LogP contribution in [0.3, 0.4) is 0 Å². The van der Waals surface area contributed by atoms with Crippen LogP contribution in [0, 0.1) is 0 Å². The van der Waals surface area contributed by atoms with Crippen LogP contribution >= 0.6 is 22.9 Å². The lowest BCUT2D eigenvalue weighted by Gasteiger charge is -2.24. The Morgan fingerprint density at radius 2 is 2.13 bits per heavy atom. The monoisotopic (exact) mass is 250 g/mol. The number of rotatable bonds is 5. The third-order valence-corrected chi connectivity index (χ3v) is 3.49. The maximum absolute atomic E-state index is 9.00. The van der Waals surface area contributed by atoms with Crippen LogP contribution in [0.15, 0.2) is 0 Å². The van der Waals surface area contributed by atoms with Crippen molar-refractivity contribution in [2.45, 2.75) is 26.5 Å². The Hall–Kier alpha value is -0.360. The summed E-state index contributed by atoms with van der Waals surface area (Å²) in [5.41, 5.74) is 0. The fourth-order valence-corrected chi connectivity index (χ4v) is 2.50. The van der Waals surface area contributed by atoms with Crippen molar-refractivity contribution in [2.75, 3.05) is 18.1 Å². The minimum atomic E-state index is -0.0957. The first kappa shape index (κ1) is 12.7. The summed E-state index contributed by atoms with van der Waals surface area (Å²) in [6, 6.07) is 0.242. The predicted molar refractivity (Wildman–Crippen MR) is 62.6 cm³/mol. The van der Waals surface area contributed by atoms with Gasteiger partial charge in [0.25, 0.3) is 0 Å². The summed E-state index contributed by atoms with van der Waals surface area (Å²) < 4.78 is 0. The molecule has 0 saturated carbocycles. The van der Waals surface area contributed by atoms with E-state index in [0.29, 0.717) is 16.6 Å². The number of nitrogens with zero attached hydrogens (tertiary/aromatic N) is 2. The summed E-state index contributed by atoms with van der Waals surface area (Å²) in [7, 11) is 0. The van der Waals surface area contributed by atoms with E-state index in [4.69, 9.17) is 21.8 Å². The Morgan fingerprint density at radius 1 is 1.47 bits per heavy atom. The maximum atomic E-state index is 9.00. The lowest BCUT2D eigenvalue weighted by Crippen LogP contribution is -2.33. The second-order valence-corrected chi connectivity index (χ2v) is 4.80. The zero-order chi connectivity index (χ0) is 11.4. The summed E-state index contributed by atoms with van der Waals surface area (Å²) in [4.78, 5) is 6.78. The number of thiazole rings is 1. The van der Waals surface area contributed by atoms with Gasteiger partial charge in [0, 0.05) is 12.6 Å². The van der Waals surface area contributed by atoms with Crippen LogP contribution in [0.5, 0.6) is 0 Å². The van der Waals surface area contributed by atoms with E-state index in [-0.39, 0.29) is 19.3 Å². The normalized spacial score (nSPS) is 11.1. The number of anilines is 1. The van der Waals surface area contributed by atoms with Crippen molar-refractivity contribution in [3.05, 3.63) is 10.0 Å². The van der Waals surface area contributed by atoms with Gasteiger partial charge in [-0.2, -0.15) is 0 Å². The summed E-state index contributed by atoms with van der Waals surface area (Å²) >= 11 is 7.20. The van der Waals surface area contributed by atoms with E-state index < -0.39 is 0 Å². The van der Waals surface area contributed by atoms with Crippen molar-refractivity contribution < 1.29 is 10.2 Å². The molecule has 0 fully saturated rings. The molecule has 0 bridgehead atoms. The number of hydrogen-bond donors (Lipinski definition) is 2. The Morgan fingerprint density at radius 3 is 2.53 bits per heavy atom. The number of hydrogen-bond acceptors (Lipinski definition) is 5. The van der Waals surface area contributed by atoms with Gasteiger partial charge in [0.2, 0.25) is 0 Å². The summed E-state index contributed by atoms with van der Waals surface area (Å²) in [6.07, 6.45) is 0. The molecule has 1 heterocycles. The average molecular weight is 251 g/mol. The SMILES string of the molecule is CC(C)N(CCO)c1nc(Cl)c(CO)s1. The molecule has 86 valence electrons. The van der Waals surface area contributed by atoms with Crippen LogP contribution < -0.4 is 4.90 Å². The van der Waals surface area contributed by atoms with Crippen LogP contribution in [-0.2, 0) is 6.61 Å². The van der Waals surface area contributed by atoms with Crippen LogP contribution in [0.2, 0.25) is 5.15 Å². The van der Waals surface area contributed by atoms with Gasteiger partial charge >= 0.3 is 0 Å². The molecule has 0 spiro atoms. The molecule has 15 heavy (non-hydrogen) atoms. The Labute approximate surface area is 98.1 Å². The van der Waals surface area contributed by atoms with Crippen LogP contribution in [0.25, 0.3) is 0 Å². The second-order valence-electron chi connectivity index (χ2n) is 3.38. The molecule has 0 aromatic carbocycles. The van der Waals surface area contributed by atoms with Gasteiger partial charge in [-0.1, -0.05) is 22.9 Å². The molecule has 1 rings (SSSR count). The van der Waals surface area contributed by atoms with E-state index in [1.165, 1.54) is 11.3 Å². The van der Waals surface area contributed by atoms with E-state index in [1.807, 2.05) is 18.7 Å². The van der Waals surface area contributed by atoms with Gasteiger partial charge in [-0.15, -0.1) is 0 Å². The van der Waals surface area contributed by atoms with Gasteiger partial charge in [-0.25, -0.2) is 4.98 Å². The van der Waals surface area contributed by atoms with Gasteiger partial charge in [0.15, 0.2) is 5.13 Å². The fourth-order valence-electron chi connectivity index (χ4n) is 1.22. The van der Waals surface area contributed by atoms with Gasteiger partial charge in [-0.3, -0.25) is 0 Å². The van der Waals surface area contributed by atoms with Crippen molar-refractivity contribution in [3.8, 4) is 0 Å². The molecule has 0 aliphatic rings. The van der Waals surface area contributed by atoms with E-state index in [9.17, 15) is 0 Å². The topological polar surface area (TPSA) is 56.6 Å². The molecular formula is C9H15ClN2O2S. The molecule has 4 nitrogen and oxygen atoms in total. The molecule has 0 atom stereocenters. The molecule has 0 aliphatic carbocycles. The van der Waals surface area contributed by atoms with E-state index >= 15 is 0 Å². The van der Waals surface area contributed by atoms with Crippen LogP contribution in [-0.4, -0.2) is 34.4 Å². The van der Waals surface area contributed by atoms with Gasteiger partial charge in [0.05, 0.1) is 18.1 Å². The summed E-state index contributed by atoms with van der Waals surface area (Å²) in [6.45, 7) is 4.53. The van der Waals surface area contributed by atoms with Gasteiger partial charge in [0.1, 0.15) is 5.15 Å². The highest BCUT2D eigenvalue weighted by Crippen LogP contribution is 2.30. The molecule has 0 radical (unpaired) electrons. The van der Waals surface area contributed by atoms with Crippen molar-refractivity contribution >= 4 is 28.1 Å². The highest BCUT2D eigenvalue weighted by Gasteiger charge is 2.16. The molecule has 0 unspecified atom stereocenters. The largest absolute Gasteiger partial charge is 0.395 e. The highest BCUT2D eigenvalue weighted by molar-refractivity contribution is 7.16. The summed E-state index contributed by atoms with van der Waals surface area (Å²) in [5, 5.41) is 19.0. The van der Waals surface area contributed by atoms with Gasteiger partial charge < -0.3 is 15.1 Å². The molecule has 0 saturated heterocycles. The third kappa shape index (κ3) is 3.04.